The van der Waals surface area contributed by atoms with Gasteiger partial charge in [-0.3, -0.25) is 10.1 Å². The fraction of sp³-hybridized carbons (Fsp3) is 0.0909. The minimum atomic E-state index is 0.473. The van der Waals surface area contributed by atoms with E-state index < -0.39 is 0 Å². The molecule has 30 heavy (non-hydrogen) atoms. The van der Waals surface area contributed by atoms with E-state index in [1.807, 2.05) is 71.7 Å². The first-order valence-corrected chi connectivity index (χ1v) is 9.63. The summed E-state index contributed by atoms with van der Waals surface area (Å²) < 4.78 is 7.98. The Kier molecular flexibility index (Phi) is 4.66. The molecule has 5 rings (SSSR count). The highest BCUT2D eigenvalue weighted by atomic mass is 16.5. The van der Waals surface area contributed by atoms with Crippen molar-refractivity contribution in [2.45, 2.75) is 13.0 Å². The van der Waals surface area contributed by atoms with Crippen LogP contribution in [-0.2, 0) is 13.0 Å². The summed E-state index contributed by atoms with van der Waals surface area (Å²) in [6.45, 7) is 0.612. The van der Waals surface area contributed by atoms with Crippen LogP contribution in [0.3, 0.4) is 0 Å². The smallest absolute Gasteiger partial charge is 0.169 e. The number of hydrogen-bond donors (Lipinski definition) is 4. The van der Waals surface area contributed by atoms with Crippen molar-refractivity contribution < 1.29 is 4.74 Å². The van der Waals surface area contributed by atoms with Crippen molar-refractivity contribution in [1.29, 1.82) is 0 Å². The summed E-state index contributed by atoms with van der Waals surface area (Å²) in [4.78, 5) is 4.27. The number of nitrogens with two attached hydrogens (primary N) is 1. The summed E-state index contributed by atoms with van der Waals surface area (Å²) in [5, 5.41) is 4.53. The average molecular weight is 399 g/mol. The molecule has 2 aromatic heterocycles. The Morgan fingerprint density at radius 3 is 2.70 bits per heavy atom. The average Bonchev–Trinajstić information content (AvgIpc) is 3.40. The molecule has 150 valence electrons. The van der Waals surface area contributed by atoms with E-state index in [1.165, 1.54) is 0 Å². The zero-order chi connectivity index (χ0) is 20.3. The number of nitrogen functional groups attached to an aromatic ring is 1. The molecule has 0 saturated heterocycles. The van der Waals surface area contributed by atoms with Crippen LogP contribution in [0, 0.1) is 0 Å². The maximum absolute atomic E-state index is 6.06. The number of benzene rings is 2. The largest absolute Gasteiger partial charge is 0.457 e. The highest BCUT2D eigenvalue weighted by molar-refractivity contribution is 5.74. The molecule has 0 spiro atoms. The number of anilines is 3. The van der Waals surface area contributed by atoms with E-state index in [0.717, 1.165) is 33.9 Å². The van der Waals surface area contributed by atoms with Gasteiger partial charge in [-0.05, 0) is 35.4 Å². The minimum Gasteiger partial charge on any atom is -0.457 e. The van der Waals surface area contributed by atoms with E-state index in [-0.39, 0.29) is 0 Å². The Bertz CT molecular complexity index is 1170. The van der Waals surface area contributed by atoms with Crippen LogP contribution in [0.1, 0.15) is 16.7 Å². The van der Waals surface area contributed by atoms with Gasteiger partial charge in [0.05, 0.1) is 18.4 Å². The van der Waals surface area contributed by atoms with Crippen LogP contribution in [0.2, 0.25) is 0 Å². The van der Waals surface area contributed by atoms with Gasteiger partial charge < -0.3 is 15.9 Å². The van der Waals surface area contributed by atoms with E-state index in [2.05, 4.69) is 32.5 Å². The second kappa shape index (κ2) is 7.76. The molecular weight excluding hydrogens is 378 g/mol. The van der Waals surface area contributed by atoms with Crippen LogP contribution in [0.4, 0.5) is 17.3 Å². The molecule has 0 atom stereocenters. The molecule has 3 heterocycles. The molecule has 0 saturated carbocycles. The molecule has 2 aromatic carbocycles. The summed E-state index contributed by atoms with van der Waals surface area (Å²) >= 11 is 0. The summed E-state index contributed by atoms with van der Waals surface area (Å²) in [6, 6.07) is 19.7. The summed E-state index contributed by atoms with van der Waals surface area (Å²) in [5.41, 5.74) is 18.9. The molecule has 0 bridgehead atoms. The normalized spacial score (nSPS) is 12.1. The van der Waals surface area contributed by atoms with Crippen molar-refractivity contribution in [2.24, 2.45) is 0 Å². The van der Waals surface area contributed by atoms with Crippen molar-refractivity contribution >= 4 is 17.3 Å². The predicted octanol–water partition coefficient (Wildman–Crippen LogP) is 3.55. The van der Waals surface area contributed by atoms with Crippen LogP contribution >= 0.6 is 0 Å². The molecule has 8 heteroatoms. The summed E-state index contributed by atoms with van der Waals surface area (Å²) in [7, 11) is 0. The summed E-state index contributed by atoms with van der Waals surface area (Å²) in [6.07, 6.45) is 4.60. The van der Waals surface area contributed by atoms with Gasteiger partial charge in [-0.1, -0.05) is 36.4 Å². The first kappa shape index (κ1) is 18.0. The van der Waals surface area contributed by atoms with Crippen molar-refractivity contribution in [2.75, 3.05) is 16.6 Å². The van der Waals surface area contributed by atoms with E-state index in [9.17, 15) is 0 Å². The van der Waals surface area contributed by atoms with Crippen LogP contribution in [0.5, 0.6) is 11.5 Å². The molecule has 0 radical (unpaired) electrons. The van der Waals surface area contributed by atoms with Gasteiger partial charge >= 0.3 is 0 Å². The Morgan fingerprint density at radius 1 is 0.967 bits per heavy atom. The number of nitrogens with one attached hydrogen (secondary N) is 3. The lowest BCUT2D eigenvalue weighted by Crippen LogP contribution is -2.19. The van der Waals surface area contributed by atoms with E-state index >= 15 is 0 Å². The summed E-state index contributed by atoms with van der Waals surface area (Å²) in [5.74, 6) is 2.80. The number of para-hydroxylation sites is 2. The van der Waals surface area contributed by atoms with Crippen LogP contribution in [0.15, 0.2) is 73.1 Å². The zero-order valence-corrected chi connectivity index (χ0v) is 16.2. The lowest BCUT2D eigenvalue weighted by atomic mass is 10.1. The lowest BCUT2D eigenvalue weighted by molar-refractivity contribution is 0.472. The van der Waals surface area contributed by atoms with Gasteiger partial charge in [0.1, 0.15) is 17.3 Å². The Morgan fingerprint density at radius 2 is 1.80 bits per heavy atom. The molecule has 0 unspecified atom stereocenters. The predicted molar refractivity (Wildman–Crippen MR) is 116 cm³/mol. The van der Waals surface area contributed by atoms with Crippen molar-refractivity contribution in [3.8, 4) is 11.5 Å². The second-order valence-corrected chi connectivity index (χ2v) is 7.05. The third-order valence-corrected chi connectivity index (χ3v) is 4.85. The van der Waals surface area contributed by atoms with Gasteiger partial charge in [0.15, 0.2) is 5.82 Å². The number of pyridine rings is 1. The fourth-order valence-electron chi connectivity index (χ4n) is 3.47. The molecule has 0 fully saturated rings. The van der Waals surface area contributed by atoms with Gasteiger partial charge in [-0.15, -0.1) is 5.53 Å². The first-order valence-electron chi connectivity index (χ1n) is 9.63. The van der Waals surface area contributed by atoms with Gasteiger partial charge in [0.2, 0.25) is 0 Å². The van der Waals surface area contributed by atoms with Gasteiger partial charge in [-0.2, -0.15) is 5.10 Å². The minimum absolute atomic E-state index is 0.473. The zero-order valence-electron chi connectivity index (χ0n) is 16.2. The molecule has 5 N–H and O–H groups in total. The Labute approximate surface area is 173 Å². The molecule has 0 amide bonds. The lowest BCUT2D eigenvalue weighted by Gasteiger charge is -2.11. The number of hydrazine groups is 2. The number of hydrogen-bond acceptors (Lipinski definition) is 7. The van der Waals surface area contributed by atoms with Crippen molar-refractivity contribution in [1.82, 2.24) is 20.3 Å². The molecule has 1 aliphatic rings. The number of nitrogens with zero attached hydrogens (tertiary/aromatic N) is 3. The second-order valence-electron chi connectivity index (χ2n) is 7.05. The van der Waals surface area contributed by atoms with Gasteiger partial charge in [0, 0.05) is 18.2 Å². The third-order valence-electron chi connectivity index (χ3n) is 4.85. The van der Waals surface area contributed by atoms with Gasteiger partial charge in [-0.25, -0.2) is 4.98 Å². The number of aromatic nitrogens is 3. The fourth-order valence-corrected chi connectivity index (χ4v) is 3.47. The number of ether oxygens (including phenoxy) is 1. The standard InChI is InChI=1S/C22H21N7O/c23-20-11-17(21-22(25-20)27-28-26-21)10-15-12-24-29(13-15)14-16-6-4-5-9-19(16)30-18-7-2-1-3-8-18/h1-9,11-13,26,28H,10,14H2,(H3,23,25,27). The SMILES string of the molecule is Nc1cc(Cc2cnn(Cc3ccccc3Oc3ccccc3)c2)c2c(n1)NNN2. The molecule has 1 aliphatic heterocycles. The van der Waals surface area contributed by atoms with Crippen molar-refractivity contribution in [3.05, 3.63) is 89.7 Å². The van der Waals surface area contributed by atoms with Crippen LogP contribution in [-0.4, -0.2) is 14.8 Å². The highest BCUT2D eigenvalue weighted by Gasteiger charge is 2.17. The molecule has 8 nitrogen and oxygen atoms in total. The van der Waals surface area contributed by atoms with Crippen LogP contribution in [0.25, 0.3) is 0 Å². The monoisotopic (exact) mass is 399 g/mol. The van der Waals surface area contributed by atoms with E-state index in [0.29, 0.717) is 24.6 Å². The maximum Gasteiger partial charge on any atom is 0.169 e. The highest BCUT2D eigenvalue weighted by Crippen LogP contribution is 2.30. The van der Waals surface area contributed by atoms with Crippen LogP contribution < -0.4 is 26.9 Å². The number of fused-ring (bicyclic) bond motifs is 1. The van der Waals surface area contributed by atoms with Gasteiger partial charge in [0.25, 0.3) is 0 Å². The molecular formula is C22H21N7O. The molecule has 4 aromatic rings. The Hall–Kier alpha value is -4.04. The third kappa shape index (κ3) is 3.76. The topological polar surface area (TPSA) is 102 Å². The quantitative estimate of drug-likeness (QED) is 0.393. The first-order chi connectivity index (χ1) is 14.7. The maximum atomic E-state index is 6.06. The van der Waals surface area contributed by atoms with Crippen molar-refractivity contribution in [3.63, 3.8) is 0 Å². The van der Waals surface area contributed by atoms with E-state index in [4.69, 9.17) is 10.5 Å². The van der Waals surface area contributed by atoms with E-state index in [1.54, 1.807) is 0 Å². The number of rotatable bonds is 6. The molecule has 0 aliphatic carbocycles. The Balaban J connectivity index is 1.34.